The summed E-state index contributed by atoms with van der Waals surface area (Å²) in [6.45, 7) is 0.288. The molecule has 0 bridgehead atoms. The molecule has 6 nitrogen and oxygen atoms in total. The molecule has 0 saturated heterocycles. The standard InChI is InChI=1S/C19H18N4O2S/c1-24-13-7-3-4-8-14(13)25-10-16-21-18-17-12-6-2-5-9-15(12)26-19(17)20-11-23(18)22-16/h3-4,7-8,11H,2,5-6,9-10H2,1H3. The van der Waals surface area contributed by atoms with E-state index in [1.807, 2.05) is 24.3 Å². The normalized spacial score (nSPS) is 13.9. The number of hydrogen-bond acceptors (Lipinski definition) is 6. The van der Waals surface area contributed by atoms with Crippen molar-refractivity contribution in [2.24, 2.45) is 0 Å². The number of rotatable bonds is 4. The van der Waals surface area contributed by atoms with Crippen LogP contribution in [0.25, 0.3) is 15.9 Å². The highest BCUT2D eigenvalue weighted by Crippen LogP contribution is 2.37. The van der Waals surface area contributed by atoms with Crippen LogP contribution in [-0.2, 0) is 19.4 Å². The van der Waals surface area contributed by atoms with Crippen LogP contribution in [0.2, 0.25) is 0 Å². The number of aryl methyl sites for hydroxylation is 2. The van der Waals surface area contributed by atoms with Crippen LogP contribution < -0.4 is 9.47 Å². The van der Waals surface area contributed by atoms with Crippen molar-refractivity contribution >= 4 is 27.2 Å². The van der Waals surface area contributed by atoms with Gasteiger partial charge in [0.1, 0.15) is 17.8 Å². The maximum absolute atomic E-state index is 5.87. The van der Waals surface area contributed by atoms with Gasteiger partial charge in [-0.15, -0.1) is 16.4 Å². The molecule has 1 aromatic carbocycles. The van der Waals surface area contributed by atoms with E-state index in [9.17, 15) is 0 Å². The van der Waals surface area contributed by atoms with E-state index in [-0.39, 0.29) is 6.61 Å². The second-order valence-electron chi connectivity index (χ2n) is 6.37. The summed E-state index contributed by atoms with van der Waals surface area (Å²) in [5.41, 5.74) is 2.30. The number of para-hydroxylation sites is 2. The van der Waals surface area contributed by atoms with Gasteiger partial charge < -0.3 is 9.47 Å². The number of ether oxygens (including phenoxy) is 2. The average Bonchev–Trinajstić information content (AvgIpc) is 3.26. The highest BCUT2D eigenvalue weighted by molar-refractivity contribution is 7.19. The Morgan fingerprint density at radius 3 is 2.88 bits per heavy atom. The van der Waals surface area contributed by atoms with E-state index in [1.54, 1.807) is 29.3 Å². The maximum Gasteiger partial charge on any atom is 0.189 e. The Bertz CT molecular complexity index is 1100. The van der Waals surface area contributed by atoms with E-state index in [0.717, 1.165) is 23.3 Å². The molecule has 1 aliphatic carbocycles. The van der Waals surface area contributed by atoms with Crippen molar-refractivity contribution in [2.75, 3.05) is 7.11 Å². The molecular formula is C19H18N4O2S. The lowest BCUT2D eigenvalue weighted by atomic mass is 9.97. The molecule has 0 amide bonds. The molecule has 4 aromatic rings. The molecule has 1 aliphatic rings. The molecule has 132 valence electrons. The molecule has 3 aromatic heterocycles. The number of aromatic nitrogens is 4. The lowest BCUT2D eigenvalue weighted by Crippen LogP contribution is -1.99. The summed E-state index contributed by atoms with van der Waals surface area (Å²) in [4.78, 5) is 11.9. The van der Waals surface area contributed by atoms with Gasteiger partial charge >= 0.3 is 0 Å². The number of nitrogens with zero attached hydrogens (tertiary/aromatic N) is 4. The zero-order valence-electron chi connectivity index (χ0n) is 14.4. The summed E-state index contributed by atoms with van der Waals surface area (Å²) in [5.74, 6) is 2.03. The van der Waals surface area contributed by atoms with Crippen molar-refractivity contribution in [3.05, 3.63) is 46.9 Å². The van der Waals surface area contributed by atoms with E-state index >= 15 is 0 Å². The van der Waals surface area contributed by atoms with Crippen LogP contribution in [0.3, 0.4) is 0 Å². The Hall–Kier alpha value is -2.67. The molecule has 0 radical (unpaired) electrons. The summed E-state index contributed by atoms with van der Waals surface area (Å²) in [6.07, 6.45) is 6.51. The molecule has 3 heterocycles. The fourth-order valence-electron chi connectivity index (χ4n) is 3.54. The number of fused-ring (bicyclic) bond motifs is 5. The van der Waals surface area contributed by atoms with Crippen LogP contribution in [0.4, 0.5) is 0 Å². The zero-order chi connectivity index (χ0) is 17.5. The molecule has 5 rings (SSSR count). The van der Waals surface area contributed by atoms with Crippen LogP contribution in [0.15, 0.2) is 30.6 Å². The van der Waals surface area contributed by atoms with Crippen LogP contribution in [0, 0.1) is 0 Å². The minimum absolute atomic E-state index is 0.288. The van der Waals surface area contributed by atoms with Crippen LogP contribution >= 0.6 is 11.3 Å². The molecule has 7 heteroatoms. The summed E-state index contributed by atoms with van der Waals surface area (Å²) >= 11 is 1.80. The maximum atomic E-state index is 5.87. The Balaban J connectivity index is 1.51. The monoisotopic (exact) mass is 366 g/mol. The minimum atomic E-state index is 0.288. The third kappa shape index (κ3) is 2.50. The van der Waals surface area contributed by atoms with Crippen molar-refractivity contribution in [1.29, 1.82) is 0 Å². The van der Waals surface area contributed by atoms with Gasteiger partial charge in [-0.05, 0) is 43.4 Å². The van der Waals surface area contributed by atoms with Crippen molar-refractivity contribution in [3.63, 3.8) is 0 Å². The van der Waals surface area contributed by atoms with Crippen LogP contribution in [0.1, 0.15) is 29.1 Å². The van der Waals surface area contributed by atoms with Crippen LogP contribution in [-0.4, -0.2) is 26.7 Å². The topological polar surface area (TPSA) is 61.5 Å². The second-order valence-corrected chi connectivity index (χ2v) is 7.45. The van der Waals surface area contributed by atoms with Gasteiger partial charge in [-0.2, -0.15) is 0 Å². The predicted octanol–water partition coefficient (Wildman–Crippen LogP) is 3.81. The van der Waals surface area contributed by atoms with Gasteiger partial charge in [-0.25, -0.2) is 14.5 Å². The fourth-order valence-corrected chi connectivity index (χ4v) is 4.76. The lowest BCUT2D eigenvalue weighted by molar-refractivity contribution is 0.276. The van der Waals surface area contributed by atoms with Gasteiger partial charge in [0.25, 0.3) is 0 Å². The van der Waals surface area contributed by atoms with Crippen molar-refractivity contribution < 1.29 is 9.47 Å². The van der Waals surface area contributed by atoms with Gasteiger partial charge in [0.15, 0.2) is 23.0 Å². The Morgan fingerprint density at radius 1 is 1.15 bits per heavy atom. The Labute approximate surface area is 154 Å². The zero-order valence-corrected chi connectivity index (χ0v) is 15.3. The summed E-state index contributed by atoms with van der Waals surface area (Å²) < 4.78 is 13.0. The lowest BCUT2D eigenvalue weighted by Gasteiger charge is -2.09. The largest absolute Gasteiger partial charge is 0.493 e. The first-order chi connectivity index (χ1) is 12.8. The molecule has 0 saturated carbocycles. The van der Waals surface area contributed by atoms with Gasteiger partial charge in [0.05, 0.1) is 12.5 Å². The summed E-state index contributed by atoms with van der Waals surface area (Å²) in [5, 5.41) is 5.71. The van der Waals surface area contributed by atoms with E-state index in [0.29, 0.717) is 17.3 Å². The highest BCUT2D eigenvalue weighted by atomic mass is 32.1. The van der Waals surface area contributed by atoms with Gasteiger partial charge in [0, 0.05) is 4.88 Å². The predicted molar refractivity (Wildman–Crippen MR) is 100 cm³/mol. The van der Waals surface area contributed by atoms with Gasteiger partial charge in [0.2, 0.25) is 0 Å². The molecule has 0 spiro atoms. The van der Waals surface area contributed by atoms with Crippen molar-refractivity contribution in [1.82, 2.24) is 19.6 Å². The number of benzene rings is 1. The summed E-state index contributed by atoms with van der Waals surface area (Å²) in [6, 6.07) is 7.58. The number of hydrogen-bond donors (Lipinski definition) is 0. The van der Waals surface area contributed by atoms with Gasteiger partial charge in [-0.3, -0.25) is 0 Å². The Kier molecular flexibility index (Phi) is 3.74. The fraction of sp³-hybridized carbons (Fsp3) is 0.316. The first-order valence-corrected chi connectivity index (χ1v) is 9.55. The SMILES string of the molecule is COc1ccccc1OCc1nc2c3c4c(sc3ncn2n1)CCCC4. The van der Waals surface area contributed by atoms with Crippen LogP contribution in [0.5, 0.6) is 11.5 Å². The smallest absolute Gasteiger partial charge is 0.189 e. The minimum Gasteiger partial charge on any atom is -0.493 e. The highest BCUT2D eigenvalue weighted by Gasteiger charge is 2.20. The van der Waals surface area contributed by atoms with E-state index in [4.69, 9.17) is 14.5 Å². The molecule has 0 fully saturated rings. The first-order valence-electron chi connectivity index (χ1n) is 8.74. The van der Waals surface area contributed by atoms with E-state index < -0.39 is 0 Å². The molecule has 26 heavy (non-hydrogen) atoms. The molecule has 0 aliphatic heterocycles. The first kappa shape index (κ1) is 15.6. The van der Waals surface area contributed by atoms with E-state index in [1.165, 1.54) is 28.7 Å². The Morgan fingerprint density at radius 2 is 2.00 bits per heavy atom. The van der Waals surface area contributed by atoms with E-state index in [2.05, 4.69) is 10.1 Å². The molecule has 0 N–H and O–H groups in total. The van der Waals surface area contributed by atoms with Gasteiger partial charge in [-0.1, -0.05) is 12.1 Å². The third-order valence-corrected chi connectivity index (χ3v) is 5.96. The molecule has 0 unspecified atom stereocenters. The average molecular weight is 366 g/mol. The van der Waals surface area contributed by atoms with Crippen molar-refractivity contribution in [3.8, 4) is 11.5 Å². The molecular weight excluding hydrogens is 348 g/mol. The van der Waals surface area contributed by atoms with Crippen molar-refractivity contribution in [2.45, 2.75) is 32.3 Å². The quantitative estimate of drug-likeness (QED) is 0.550. The molecule has 0 atom stereocenters. The second kappa shape index (κ2) is 6.25. The number of thiophene rings is 1. The summed E-state index contributed by atoms with van der Waals surface area (Å²) in [7, 11) is 1.63. The third-order valence-electron chi connectivity index (χ3n) is 4.76. The number of methoxy groups -OCH3 is 1.